The van der Waals surface area contributed by atoms with E-state index >= 15 is 4.39 Å². The third-order valence-electron chi connectivity index (χ3n) is 6.56. The highest BCUT2D eigenvalue weighted by molar-refractivity contribution is 6.31. The molecule has 0 radical (unpaired) electrons. The average Bonchev–Trinajstić information content (AvgIpc) is 3.39. The number of aromatic amines is 1. The molecule has 7 nitrogen and oxygen atoms in total. The van der Waals surface area contributed by atoms with Crippen LogP contribution >= 0.6 is 11.6 Å². The Hall–Kier alpha value is -2.95. The van der Waals surface area contributed by atoms with E-state index in [9.17, 15) is 18.0 Å². The van der Waals surface area contributed by atoms with Crippen molar-refractivity contribution in [3.05, 3.63) is 35.5 Å². The first kappa shape index (κ1) is 22.8. The average molecular weight is 499 g/mol. The highest BCUT2D eigenvalue weighted by Crippen LogP contribution is 2.43. The Morgan fingerprint density at radius 3 is 2.85 bits per heavy atom. The van der Waals surface area contributed by atoms with E-state index in [1.54, 1.807) is 17.2 Å². The molecule has 2 N–H and O–H groups in total. The van der Waals surface area contributed by atoms with Crippen molar-refractivity contribution in [2.24, 2.45) is 5.92 Å². The summed E-state index contributed by atoms with van der Waals surface area (Å²) in [4.78, 5) is 30.1. The molecule has 3 aromatic rings. The summed E-state index contributed by atoms with van der Waals surface area (Å²) in [5, 5.41) is 3.01. The number of anilines is 1. The fourth-order valence-corrected chi connectivity index (χ4v) is 5.29. The van der Waals surface area contributed by atoms with E-state index < -0.39 is 30.5 Å². The molecule has 0 aromatic carbocycles. The molecule has 1 aliphatic heterocycles. The molecule has 0 spiro atoms. The van der Waals surface area contributed by atoms with Crippen molar-refractivity contribution in [2.75, 3.05) is 11.4 Å². The smallest absolute Gasteiger partial charge is 0.345 e. The van der Waals surface area contributed by atoms with Gasteiger partial charge in [-0.2, -0.15) is 13.2 Å². The Balaban J connectivity index is 0.00000289. The number of aromatic nitrogens is 4. The van der Waals surface area contributed by atoms with Crippen LogP contribution in [-0.2, 0) is 4.79 Å². The number of alkyl halides is 3. The van der Waals surface area contributed by atoms with E-state index in [0.717, 1.165) is 25.5 Å². The van der Waals surface area contributed by atoms with Crippen molar-refractivity contribution in [1.29, 1.82) is 0 Å². The van der Waals surface area contributed by atoms with Crippen LogP contribution < -0.4 is 10.2 Å². The van der Waals surface area contributed by atoms with Crippen LogP contribution in [0.15, 0.2) is 24.7 Å². The normalized spacial score (nSPS) is 22.7. The summed E-state index contributed by atoms with van der Waals surface area (Å²) in [6, 6.07) is 0.543. The molecule has 1 aliphatic carbocycles. The number of nitrogens with one attached hydrogen (secondary N) is 2. The van der Waals surface area contributed by atoms with Crippen LogP contribution in [0.4, 0.5) is 23.4 Å². The minimum absolute atomic E-state index is 0. The van der Waals surface area contributed by atoms with Gasteiger partial charge in [-0.15, -0.1) is 0 Å². The molecule has 2 aliphatic rings. The number of fused-ring (bicyclic) bond motifs is 2. The molecule has 182 valence electrons. The number of hydrogen-bond donors (Lipinski definition) is 2. The summed E-state index contributed by atoms with van der Waals surface area (Å²) in [6.45, 7) is -1.44. The monoisotopic (exact) mass is 498 g/mol. The minimum Gasteiger partial charge on any atom is -0.345 e. The lowest BCUT2D eigenvalue weighted by molar-refractivity contribution is -0.139. The number of pyridine rings is 1. The van der Waals surface area contributed by atoms with Gasteiger partial charge < -0.3 is 15.2 Å². The maximum atomic E-state index is 15.1. The maximum absolute atomic E-state index is 15.1. The van der Waals surface area contributed by atoms with Crippen LogP contribution in [0.5, 0.6) is 0 Å². The van der Waals surface area contributed by atoms with Crippen molar-refractivity contribution < 1.29 is 23.8 Å². The third kappa shape index (κ3) is 4.28. The first-order valence-corrected chi connectivity index (χ1v) is 11.4. The predicted molar refractivity (Wildman–Crippen MR) is 120 cm³/mol. The molecule has 2 fully saturated rings. The number of rotatable bonds is 4. The Kier molecular flexibility index (Phi) is 5.83. The maximum Gasteiger partial charge on any atom is 0.405 e. The summed E-state index contributed by atoms with van der Waals surface area (Å²) in [5.41, 5.74) is 1.09. The van der Waals surface area contributed by atoms with E-state index in [-0.39, 0.29) is 25.0 Å². The Labute approximate surface area is 198 Å². The lowest BCUT2D eigenvalue weighted by Crippen LogP contribution is -2.49. The van der Waals surface area contributed by atoms with Crippen LogP contribution in [0.25, 0.3) is 22.4 Å². The number of H-pyrrole nitrogens is 1. The fourth-order valence-electron chi connectivity index (χ4n) is 5.14. The molecule has 34 heavy (non-hydrogen) atoms. The molecule has 1 saturated heterocycles. The Bertz CT molecular complexity index is 1240. The van der Waals surface area contributed by atoms with Gasteiger partial charge in [-0.25, -0.2) is 19.3 Å². The second kappa shape index (κ2) is 8.68. The van der Waals surface area contributed by atoms with E-state index in [2.05, 4.69) is 19.9 Å². The molecule has 4 heterocycles. The van der Waals surface area contributed by atoms with Gasteiger partial charge in [0.2, 0.25) is 5.91 Å². The van der Waals surface area contributed by atoms with Gasteiger partial charge in [0, 0.05) is 30.8 Å². The number of hydrogen-bond acceptors (Lipinski definition) is 5. The standard InChI is InChI=1S/C22H21ClF4N6O.H2/c23-12-6-13-14(8-29-18(13)28-7-12)19-30-9-15(24)20(32-19)33-16-4-2-1-3-11(16)5-17(33)21(34)31-10-22(25,26)27;/h6-9,11,16-17H,1-5,10H2,(H,28,29)(H,31,34);1H/t11-,16-,17-;/m0./s1. The van der Waals surface area contributed by atoms with E-state index in [4.69, 9.17) is 11.6 Å². The molecule has 0 unspecified atom stereocenters. The number of halogens is 5. The molecule has 1 saturated carbocycles. The lowest BCUT2D eigenvalue weighted by atomic mass is 9.84. The second-order valence-electron chi connectivity index (χ2n) is 8.72. The summed E-state index contributed by atoms with van der Waals surface area (Å²) in [7, 11) is 0. The topological polar surface area (TPSA) is 86.8 Å². The molecule has 0 bridgehead atoms. The SMILES string of the molecule is O=C(NCC(F)(F)F)[C@@H]1C[C@@H]2CCCC[C@@H]2N1c1nc(-c2c[nH]c3ncc(Cl)cc23)ncc1F.[HH]. The van der Waals surface area contributed by atoms with Crippen molar-refractivity contribution in [1.82, 2.24) is 25.3 Å². The Morgan fingerprint density at radius 1 is 1.26 bits per heavy atom. The van der Waals surface area contributed by atoms with Crippen molar-refractivity contribution in [3.63, 3.8) is 0 Å². The van der Waals surface area contributed by atoms with Gasteiger partial charge in [-0.3, -0.25) is 4.79 Å². The highest BCUT2D eigenvalue weighted by atomic mass is 35.5. The zero-order valence-electron chi connectivity index (χ0n) is 17.9. The van der Waals surface area contributed by atoms with Crippen molar-refractivity contribution in [2.45, 2.75) is 50.4 Å². The molecule has 5 rings (SSSR count). The molecule has 3 aromatic heterocycles. The van der Waals surface area contributed by atoms with Gasteiger partial charge in [-0.05, 0) is 31.2 Å². The lowest BCUT2D eigenvalue weighted by Gasteiger charge is -2.34. The quantitative estimate of drug-likeness (QED) is 0.501. The molecule has 1 amide bonds. The molecule has 12 heteroatoms. The predicted octanol–water partition coefficient (Wildman–Crippen LogP) is 4.87. The number of nitrogens with zero attached hydrogens (tertiary/aromatic N) is 4. The van der Waals surface area contributed by atoms with E-state index in [1.165, 1.54) is 6.20 Å². The van der Waals surface area contributed by atoms with Crippen LogP contribution in [0, 0.1) is 11.7 Å². The highest BCUT2D eigenvalue weighted by Gasteiger charge is 2.47. The third-order valence-corrected chi connectivity index (χ3v) is 6.77. The molecular weight excluding hydrogens is 476 g/mol. The number of amides is 1. The van der Waals surface area contributed by atoms with Crippen LogP contribution in [0.2, 0.25) is 5.02 Å². The van der Waals surface area contributed by atoms with Crippen LogP contribution in [0.1, 0.15) is 33.5 Å². The van der Waals surface area contributed by atoms with Crippen molar-refractivity contribution >= 4 is 34.4 Å². The van der Waals surface area contributed by atoms with Gasteiger partial charge in [0.1, 0.15) is 18.2 Å². The first-order chi connectivity index (χ1) is 16.2. The largest absolute Gasteiger partial charge is 0.405 e. The van der Waals surface area contributed by atoms with Gasteiger partial charge in [0.15, 0.2) is 17.5 Å². The van der Waals surface area contributed by atoms with Gasteiger partial charge in [-0.1, -0.05) is 24.4 Å². The fraction of sp³-hybridized carbons (Fsp3) is 0.455. The van der Waals surface area contributed by atoms with Crippen LogP contribution in [0.3, 0.4) is 0 Å². The summed E-state index contributed by atoms with van der Waals surface area (Å²) in [6.07, 6.45) is 3.34. The van der Waals surface area contributed by atoms with E-state index in [1.807, 2.05) is 5.32 Å². The van der Waals surface area contributed by atoms with Gasteiger partial charge in [0.25, 0.3) is 0 Å². The zero-order chi connectivity index (χ0) is 24.0. The van der Waals surface area contributed by atoms with Crippen LogP contribution in [-0.4, -0.2) is 50.6 Å². The number of carbonyl (C=O) groups excluding carboxylic acids is 1. The number of carbonyl (C=O) groups is 1. The summed E-state index contributed by atoms with van der Waals surface area (Å²) >= 11 is 6.08. The van der Waals surface area contributed by atoms with Crippen molar-refractivity contribution in [3.8, 4) is 11.4 Å². The Morgan fingerprint density at radius 2 is 2.06 bits per heavy atom. The summed E-state index contributed by atoms with van der Waals surface area (Å²) < 4.78 is 53.3. The minimum atomic E-state index is -4.54. The van der Waals surface area contributed by atoms with Gasteiger partial charge >= 0.3 is 6.18 Å². The first-order valence-electron chi connectivity index (χ1n) is 11.0. The van der Waals surface area contributed by atoms with E-state index in [0.29, 0.717) is 34.5 Å². The molecule has 3 atom stereocenters. The molecular formula is C22H23ClF4N6O. The summed E-state index contributed by atoms with van der Waals surface area (Å²) in [5.74, 6) is -1.34. The second-order valence-corrected chi connectivity index (χ2v) is 9.16. The van der Waals surface area contributed by atoms with Gasteiger partial charge in [0.05, 0.1) is 11.2 Å². The zero-order valence-corrected chi connectivity index (χ0v) is 18.6.